The van der Waals surface area contributed by atoms with E-state index in [9.17, 15) is 0 Å². The topological polar surface area (TPSA) is 35.8 Å². The minimum absolute atomic E-state index is 0.711. The Morgan fingerprint density at radius 3 is 2.76 bits per heavy atom. The number of halogens is 1. The van der Waals surface area contributed by atoms with Gasteiger partial charge in [-0.3, -0.25) is 0 Å². The van der Waals surface area contributed by atoms with E-state index in [1.807, 2.05) is 18.2 Å². The molecule has 2 rings (SSSR count). The van der Waals surface area contributed by atoms with Crippen LogP contribution in [0.25, 0.3) is 0 Å². The van der Waals surface area contributed by atoms with Crippen molar-refractivity contribution in [3.63, 3.8) is 0 Å². The molecule has 0 radical (unpaired) electrons. The molecular weight excluding hydrogens is 276 g/mol. The van der Waals surface area contributed by atoms with Crippen LogP contribution >= 0.6 is 15.9 Å². The summed E-state index contributed by atoms with van der Waals surface area (Å²) in [4.78, 5) is 0. The summed E-state index contributed by atoms with van der Waals surface area (Å²) < 4.78 is 0.869. The summed E-state index contributed by atoms with van der Waals surface area (Å²) >= 11 is 3.41. The maximum Gasteiger partial charge on any atom is 0.103 e. The summed E-state index contributed by atoms with van der Waals surface area (Å²) in [5, 5.41) is 12.5. The van der Waals surface area contributed by atoms with Crippen molar-refractivity contribution in [1.29, 1.82) is 5.26 Å². The molecule has 1 saturated carbocycles. The molecule has 1 fully saturated rings. The molecule has 0 atom stereocenters. The van der Waals surface area contributed by atoms with Crippen molar-refractivity contribution in [2.45, 2.75) is 32.1 Å². The largest absolute Gasteiger partial charge is 0.384 e. The summed E-state index contributed by atoms with van der Waals surface area (Å²) in [5.74, 6) is 0.772. The number of nitrogens with one attached hydrogen (secondary N) is 1. The molecule has 1 aliphatic rings. The van der Waals surface area contributed by atoms with Gasteiger partial charge in [0, 0.05) is 11.0 Å². The van der Waals surface area contributed by atoms with E-state index in [4.69, 9.17) is 5.26 Å². The number of hydrogen-bond donors (Lipinski definition) is 1. The van der Waals surface area contributed by atoms with Crippen LogP contribution in [0, 0.1) is 17.2 Å². The number of anilines is 1. The van der Waals surface area contributed by atoms with Crippen LogP contribution in [0.2, 0.25) is 0 Å². The van der Waals surface area contributed by atoms with Gasteiger partial charge in [-0.05, 0) is 46.8 Å². The predicted molar refractivity (Wildman–Crippen MR) is 73.9 cm³/mol. The fourth-order valence-corrected chi connectivity index (χ4v) is 2.89. The predicted octanol–water partition coefficient (Wildman–Crippen LogP) is 4.31. The first-order valence-electron chi connectivity index (χ1n) is 6.23. The highest BCUT2D eigenvalue weighted by molar-refractivity contribution is 9.10. The first kappa shape index (κ1) is 12.4. The molecule has 0 amide bonds. The minimum atomic E-state index is 0.711. The average Bonchev–Trinajstić information content (AvgIpc) is 2.37. The molecule has 0 saturated heterocycles. The normalized spacial score (nSPS) is 16.5. The Hall–Kier alpha value is -1.01. The smallest absolute Gasteiger partial charge is 0.103 e. The van der Waals surface area contributed by atoms with E-state index in [0.717, 1.165) is 22.6 Å². The van der Waals surface area contributed by atoms with E-state index in [1.54, 1.807) is 0 Å². The Morgan fingerprint density at radius 1 is 1.29 bits per heavy atom. The van der Waals surface area contributed by atoms with Crippen LogP contribution in [0.1, 0.15) is 37.7 Å². The number of rotatable bonds is 3. The van der Waals surface area contributed by atoms with Gasteiger partial charge in [0.2, 0.25) is 0 Å². The van der Waals surface area contributed by atoms with Gasteiger partial charge in [-0.15, -0.1) is 0 Å². The van der Waals surface area contributed by atoms with Gasteiger partial charge in [-0.1, -0.05) is 25.3 Å². The SMILES string of the molecule is N#Cc1c(Br)cccc1NCC1CCCCC1. The molecule has 1 aromatic carbocycles. The Bertz CT molecular complexity index is 417. The molecule has 0 spiro atoms. The zero-order valence-electron chi connectivity index (χ0n) is 9.88. The third kappa shape index (κ3) is 3.23. The molecule has 2 nitrogen and oxygen atoms in total. The maximum atomic E-state index is 9.12. The van der Waals surface area contributed by atoms with E-state index >= 15 is 0 Å². The van der Waals surface area contributed by atoms with Gasteiger partial charge in [0.1, 0.15) is 6.07 Å². The Labute approximate surface area is 111 Å². The molecule has 17 heavy (non-hydrogen) atoms. The summed E-state index contributed by atoms with van der Waals surface area (Å²) in [7, 11) is 0. The summed E-state index contributed by atoms with van der Waals surface area (Å²) in [5.41, 5.74) is 1.66. The molecule has 1 N–H and O–H groups in total. The van der Waals surface area contributed by atoms with Gasteiger partial charge in [0.05, 0.1) is 11.3 Å². The molecule has 1 aromatic rings. The van der Waals surface area contributed by atoms with Crippen molar-refractivity contribution >= 4 is 21.6 Å². The highest BCUT2D eigenvalue weighted by Gasteiger charge is 2.14. The Kier molecular flexibility index (Phi) is 4.44. The molecule has 0 aromatic heterocycles. The lowest BCUT2D eigenvalue weighted by atomic mass is 9.89. The average molecular weight is 293 g/mol. The Balaban J connectivity index is 1.99. The van der Waals surface area contributed by atoms with Crippen LogP contribution in [0.3, 0.4) is 0 Å². The van der Waals surface area contributed by atoms with Crippen molar-refractivity contribution in [2.75, 3.05) is 11.9 Å². The van der Waals surface area contributed by atoms with Crippen molar-refractivity contribution < 1.29 is 0 Å². The first-order valence-corrected chi connectivity index (χ1v) is 7.03. The summed E-state index contributed by atoms with van der Waals surface area (Å²) in [6, 6.07) is 8.09. The standard InChI is InChI=1S/C14H17BrN2/c15-13-7-4-8-14(12(13)9-16)17-10-11-5-2-1-3-6-11/h4,7-8,11,17H,1-3,5-6,10H2. The first-order chi connectivity index (χ1) is 8.31. The molecule has 0 heterocycles. The molecule has 0 aliphatic heterocycles. The second kappa shape index (κ2) is 6.07. The van der Waals surface area contributed by atoms with E-state index in [0.29, 0.717) is 5.56 Å². The van der Waals surface area contributed by atoms with Gasteiger partial charge in [-0.2, -0.15) is 5.26 Å². The summed E-state index contributed by atoms with van der Waals surface area (Å²) in [6.45, 7) is 0.991. The molecular formula is C14H17BrN2. The minimum Gasteiger partial charge on any atom is -0.384 e. The molecule has 0 bridgehead atoms. The third-order valence-electron chi connectivity index (χ3n) is 3.43. The zero-order valence-corrected chi connectivity index (χ0v) is 11.5. The molecule has 0 unspecified atom stereocenters. The number of nitriles is 1. The van der Waals surface area contributed by atoms with E-state index in [1.165, 1.54) is 32.1 Å². The van der Waals surface area contributed by atoms with Crippen molar-refractivity contribution in [2.24, 2.45) is 5.92 Å². The summed E-state index contributed by atoms with van der Waals surface area (Å²) in [6.07, 6.45) is 6.74. The quantitative estimate of drug-likeness (QED) is 0.901. The van der Waals surface area contributed by atoms with Crippen LogP contribution in [-0.4, -0.2) is 6.54 Å². The van der Waals surface area contributed by atoms with Gasteiger partial charge in [0.15, 0.2) is 0 Å². The molecule has 1 aliphatic carbocycles. The number of benzene rings is 1. The van der Waals surface area contributed by atoms with E-state index < -0.39 is 0 Å². The second-order valence-electron chi connectivity index (χ2n) is 4.66. The van der Waals surface area contributed by atoms with Crippen LogP contribution in [-0.2, 0) is 0 Å². The van der Waals surface area contributed by atoms with Gasteiger partial charge < -0.3 is 5.32 Å². The second-order valence-corrected chi connectivity index (χ2v) is 5.51. The fraction of sp³-hybridized carbons (Fsp3) is 0.500. The van der Waals surface area contributed by atoms with Gasteiger partial charge >= 0.3 is 0 Å². The van der Waals surface area contributed by atoms with Gasteiger partial charge in [0.25, 0.3) is 0 Å². The molecule has 90 valence electrons. The van der Waals surface area contributed by atoms with Crippen LogP contribution in [0.15, 0.2) is 22.7 Å². The van der Waals surface area contributed by atoms with Crippen LogP contribution in [0.5, 0.6) is 0 Å². The Morgan fingerprint density at radius 2 is 2.06 bits per heavy atom. The lowest BCUT2D eigenvalue weighted by molar-refractivity contribution is 0.373. The van der Waals surface area contributed by atoms with Crippen LogP contribution in [0.4, 0.5) is 5.69 Å². The fourth-order valence-electron chi connectivity index (χ4n) is 2.43. The van der Waals surface area contributed by atoms with E-state index in [-0.39, 0.29) is 0 Å². The third-order valence-corrected chi connectivity index (χ3v) is 4.09. The van der Waals surface area contributed by atoms with Gasteiger partial charge in [-0.25, -0.2) is 0 Å². The highest BCUT2D eigenvalue weighted by atomic mass is 79.9. The number of nitrogens with zero attached hydrogens (tertiary/aromatic N) is 1. The molecule has 3 heteroatoms. The highest BCUT2D eigenvalue weighted by Crippen LogP contribution is 2.27. The lowest BCUT2D eigenvalue weighted by Crippen LogP contribution is -2.17. The lowest BCUT2D eigenvalue weighted by Gasteiger charge is -2.22. The maximum absolute atomic E-state index is 9.12. The van der Waals surface area contributed by atoms with Crippen molar-refractivity contribution in [3.8, 4) is 6.07 Å². The zero-order chi connectivity index (χ0) is 12.1. The van der Waals surface area contributed by atoms with Crippen LogP contribution < -0.4 is 5.32 Å². The number of hydrogen-bond acceptors (Lipinski definition) is 2. The van der Waals surface area contributed by atoms with E-state index in [2.05, 4.69) is 27.3 Å². The van der Waals surface area contributed by atoms with Crippen molar-refractivity contribution in [3.05, 3.63) is 28.2 Å². The van der Waals surface area contributed by atoms with Crippen molar-refractivity contribution in [1.82, 2.24) is 0 Å². The monoisotopic (exact) mass is 292 g/mol.